The molecule has 2 rings (SSSR count). The van der Waals surface area contributed by atoms with Gasteiger partial charge in [0.1, 0.15) is 0 Å². The van der Waals surface area contributed by atoms with Gasteiger partial charge in [-0.2, -0.15) is 0 Å². The predicted molar refractivity (Wildman–Crippen MR) is 78.2 cm³/mol. The van der Waals surface area contributed by atoms with Gasteiger partial charge in [-0.25, -0.2) is 4.98 Å². The molecule has 0 fully saturated rings. The maximum atomic E-state index is 6.25. The monoisotopic (exact) mass is 260 g/mol. The van der Waals surface area contributed by atoms with Crippen molar-refractivity contribution in [3.05, 3.63) is 51.0 Å². The number of hydrogen-bond acceptors (Lipinski definition) is 3. The molecule has 0 aliphatic rings. The summed E-state index contributed by atoms with van der Waals surface area (Å²) in [6.07, 6.45) is 1.78. The molecular weight excluding hydrogens is 240 g/mol. The van der Waals surface area contributed by atoms with Gasteiger partial charge in [0.15, 0.2) is 0 Å². The van der Waals surface area contributed by atoms with E-state index < -0.39 is 0 Å². The highest BCUT2D eigenvalue weighted by Crippen LogP contribution is 2.17. The van der Waals surface area contributed by atoms with Crippen LogP contribution in [0.25, 0.3) is 0 Å². The van der Waals surface area contributed by atoms with Crippen LogP contribution < -0.4 is 5.73 Å². The zero-order valence-corrected chi connectivity index (χ0v) is 12.1. The third-order valence-corrected chi connectivity index (χ3v) is 4.07. The Morgan fingerprint density at radius 1 is 1.17 bits per heavy atom. The Morgan fingerprint density at radius 2 is 1.83 bits per heavy atom. The van der Waals surface area contributed by atoms with Crippen LogP contribution >= 0.6 is 11.3 Å². The Labute approximate surface area is 113 Å². The molecule has 0 aliphatic heterocycles. The highest BCUT2D eigenvalue weighted by atomic mass is 32.1. The first-order chi connectivity index (χ1) is 8.56. The van der Waals surface area contributed by atoms with Crippen molar-refractivity contribution in [2.45, 2.75) is 39.7 Å². The molecular formula is C15H20N2S. The van der Waals surface area contributed by atoms with Gasteiger partial charge in [-0.05, 0) is 43.9 Å². The Balaban J connectivity index is 2.05. The summed E-state index contributed by atoms with van der Waals surface area (Å²) in [6.45, 7) is 6.34. The second-order valence-corrected chi connectivity index (χ2v) is 5.96. The predicted octanol–water partition coefficient (Wildman–Crippen LogP) is 3.18. The number of thiazole rings is 1. The second kappa shape index (κ2) is 5.63. The molecule has 0 amide bonds. The molecule has 0 bridgehead atoms. The van der Waals surface area contributed by atoms with Gasteiger partial charge in [-0.15, -0.1) is 11.3 Å². The molecule has 18 heavy (non-hydrogen) atoms. The van der Waals surface area contributed by atoms with Gasteiger partial charge < -0.3 is 5.73 Å². The van der Waals surface area contributed by atoms with Crippen LogP contribution in [0.5, 0.6) is 0 Å². The fourth-order valence-electron chi connectivity index (χ4n) is 2.28. The minimum absolute atomic E-state index is 0.145. The Morgan fingerprint density at radius 3 is 2.39 bits per heavy atom. The lowest BCUT2D eigenvalue weighted by molar-refractivity contribution is 0.652. The van der Waals surface area contributed by atoms with Gasteiger partial charge in [0.05, 0.1) is 10.7 Å². The van der Waals surface area contributed by atoms with Gasteiger partial charge in [-0.1, -0.05) is 18.2 Å². The fraction of sp³-hybridized carbons (Fsp3) is 0.400. The number of nitrogens with two attached hydrogens (primary N) is 1. The van der Waals surface area contributed by atoms with Crippen molar-refractivity contribution >= 4 is 11.3 Å². The summed E-state index contributed by atoms with van der Waals surface area (Å²) in [5.41, 5.74) is 11.4. The van der Waals surface area contributed by atoms with Crippen LogP contribution in [0.15, 0.2) is 23.6 Å². The molecule has 1 unspecified atom stereocenters. The van der Waals surface area contributed by atoms with E-state index in [0.29, 0.717) is 0 Å². The summed E-state index contributed by atoms with van der Waals surface area (Å²) in [5, 5.41) is 3.23. The highest BCUT2D eigenvalue weighted by molar-refractivity contribution is 7.09. The van der Waals surface area contributed by atoms with Gasteiger partial charge in [0.25, 0.3) is 0 Å². The third-order valence-electron chi connectivity index (χ3n) is 3.25. The van der Waals surface area contributed by atoms with Crippen molar-refractivity contribution < 1.29 is 0 Å². The minimum atomic E-state index is 0.145. The second-order valence-electron chi connectivity index (χ2n) is 4.90. The van der Waals surface area contributed by atoms with Gasteiger partial charge in [-0.3, -0.25) is 0 Å². The molecule has 1 heterocycles. The Bertz CT molecular complexity index is 511. The van der Waals surface area contributed by atoms with Crippen molar-refractivity contribution in [3.63, 3.8) is 0 Å². The van der Waals surface area contributed by atoms with E-state index in [1.54, 1.807) is 11.3 Å². The van der Waals surface area contributed by atoms with Crippen LogP contribution in [0.1, 0.15) is 27.4 Å². The fourth-order valence-corrected chi connectivity index (χ4v) is 2.90. The van der Waals surface area contributed by atoms with Crippen molar-refractivity contribution in [1.82, 2.24) is 4.98 Å². The van der Waals surface area contributed by atoms with Crippen LogP contribution in [0, 0.1) is 20.8 Å². The number of aromatic nitrogens is 1. The number of nitrogens with zero attached hydrogens (tertiary/aromatic N) is 1. The van der Waals surface area contributed by atoms with Gasteiger partial charge in [0.2, 0.25) is 0 Å². The van der Waals surface area contributed by atoms with Crippen LogP contribution in [-0.4, -0.2) is 11.0 Å². The molecule has 1 atom stereocenters. The summed E-state index contributed by atoms with van der Waals surface area (Å²) >= 11 is 1.69. The first-order valence-electron chi connectivity index (χ1n) is 6.28. The largest absolute Gasteiger partial charge is 0.327 e. The molecule has 0 radical (unpaired) electrons. The first-order valence-corrected chi connectivity index (χ1v) is 7.16. The SMILES string of the molecule is Cc1nc(CC(N)Cc2c(C)cccc2C)cs1. The van der Waals surface area contributed by atoms with Crippen molar-refractivity contribution in [2.75, 3.05) is 0 Å². The average molecular weight is 260 g/mol. The lowest BCUT2D eigenvalue weighted by Gasteiger charge is -2.14. The summed E-state index contributed by atoms with van der Waals surface area (Å²) < 4.78 is 0. The molecule has 2 aromatic rings. The van der Waals surface area contributed by atoms with E-state index in [2.05, 4.69) is 42.4 Å². The average Bonchev–Trinajstić information content (AvgIpc) is 2.69. The quantitative estimate of drug-likeness (QED) is 0.917. The molecule has 2 nitrogen and oxygen atoms in total. The smallest absolute Gasteiger partial charge is 0.0897 e. The Kier molecular flexibility index (Phi) is 4.15. The summed E-state index contributed by atoms with van der Waals surface area (Å²) in [4.78, 5) is 4.48. The van der Waals surface area contributed by atoms with E-state index in [1.807, 2.05) is 6.92 Å². The van der Waals surface area contributed by atoms with Gasteiger partial charge >= 0.3 is 0 Å². The number of aryl methyl sites for hydroxylation is 3. The number of hydrogen-bond donors (Lipinski definition) is 1. The molecule has 3 heteroatoms. The van der Waals surface area contributed by atoms with Gasteiger partial charge in [0, 0.05) is 17.8 Å². The molecule has 96 valence electrons. The summed E-state index contributed by atoms with van der Waals surface area (Å²) in [6, 6.07) is 6.56. The van der Waals surface area contributed by atoms with E-state index >= 15 is 0 Å². The normalized spacial score (nSPS) is 12.7. The molecule has 0 aliphatic carbocycles. The maximum Gasteiger partial charge on any atom is 0.0897 e. The maximum absolute atomic E-state index is 6.25. The number of benzene rings is 1. The van der Waals surface area contributed by atoms with Crippen LogP contribution in [0.3, 0.4) is 0 Å². The van der Waals surface area contributed by atoms with E-state index in [0.717, 1.165) is 23.5 Å². The Hall–Kier alpha value is -1.19. The minimum Gasteiger partial charge on any atom is -0.327 e. The van der Waals surface area contributed by atoms with E-state index in [4.69, 9.17) is 5.73 Å². The van der Waals surface area contributed by atoms with Crippen molar-refractivity contribution in [2.24, 2.45) is 5.73 Å². The lowest BCUT2D eigenvalue weighted by atomic mass is 9.95. The molecule has 2 N–H and O–H groups in total. The molecule has 0 spiro atoms. The standard InChI is InChI=1S/C15H20N2S/c1-10-5-4-6-11(2)15(10)8-13(16)7-14-9-18-12(3)17-14/h4-6,9,13H,7-8,16H2,1-3H3. The number of rotatable bonds is 4. The molecule has 0 saturated carbocycles. The first kappa shape index (κ1) is 13.2. The van der Waals surface area contributed by atoms with Crippen LogP contribution in [-0.2, 0) is 12.8 Å². The molecule has 1 aromatic heterocycles. The highest BCUT2D eigenvalue weighted by Gasteiger charge is 2.10. The lowest BCUT2D eigenvalue weighted by Crippen LogP contribution is -2.26. The third kappa shape index (κ3) is 3.18. The molecule has 0 saturated heterocycles. The van der Waals surface area contributed by atoms with Crippen LogP contribution in [0.4, 0.5) is 0 Å². The zero-order chi connectivity index (χ0) is 13.1. The van der Waals surface area contributed by atoms with E-state index in [1.165, 1.54) is 16.7 Å². The van der Waals surface area contributed by atoms with Crippen molar-refractivity contribution in [3.8, 4) is 0 Å². The van der Waals surface area contributed by atoms with E-state index in [-0.39, 0.29) is 6.04 Å². The summed E-state index contributed by atoms with van der Waals surface area (Å²) in [5.74, 6) is 0. The van der Waals surface area contributed by atoms with Crippen molar-refractivity contribution in [1.29, 1.82) is 0 Å². The van der Waals surface area contributed by atoms with Crippen LogP contribution in [0.2, 0.25) is 0 Å². The molecule has 1 aromatic carbocycles. The van der Waals surface area contributed by atoms with E-state index in [9.17, 15) is 0 Å². The topological polar surface area (TPSA) is 38.9 Å². The zero-order valence-electron chi connectivity index (χ0n) is 11.2. The summed E-state index contributed by atoms with van der Waals surface area (Å²) in [7, 11) is 0.